The van der Waals surface area contributed by atoms with Crippen molar-refractivity contribution in [3.05, 3.63) is 30.2 Å². The maximum Gasteiger partial charge on any atom is 0.162 e. The van der Waals surface area contributed by atoms with E-state index in [1.54, 1.807) is 0 Å². The van der Waals surface area contributed by atoms with Crippen LogP contribution in [0.1, 0.15) is 12.2 Å². The second kappa shape index (κ2) is 4.89. The highest BCUT2D eigenvalue weighted by Gasteiger charge is 2.17. The van der Waals surface area contributed by atoms with Crippen LogP contribution in [0.15, 0.2) is 24.4 Å². The Balaban J connectivity index is 0.00000110. The van der Waals surface area contributed by atoms with Crippen molar-refractivity contribution in [2.24, 2.45) is 0 Å². The first-order valence-electron chi connectivity index (χ1n) is 6.36. The Labute approximate surface area is 122 Å². The van der Waals surface area contributed by atoms with E-state index in [-0.39, 0.29) is 17.0 Å². The number of imidazole rings is 1. The number of rotatable bonds is 1. The number of aromatic nitrogens is 2. The van der Waals surface area contributed by atoms with Crippen LogP contribution in [0.4, 0.5) is 0 Å². The fourth-order valence-electron chi connectivity index (χ4n) is 2.60. The topological polar surface area (TPSA) is 36.3 Å². The Morgan fingerprint density at radius 1 is 1.11 bits per heavy atom. The molecule has 0 saturated carbocycles. The molecule has 1 aromatic carbocycles. The second-order valence-corrected chi connectivity index (χ2v) is 4.70. The van der Waals surface area contributed by atoms with E-state index in [0.29, 0.717) is 13.2 Å². The lowest BCUT2D eigenvalue weighted by Crippen LogP contribution is -2.15. The highest BCUT2D eigenvalue weighted by molar-refractivity contribution is 8.93. The highest BCUT2D eigenvalue weighted by Crippen LogP contribution is 2.34. The maximum absolute atomic E-state index is 5.60. The van der Waals surface area contributed by atoms with E-state index in [1.807, 2.05) is 18.2 Å². The van der Waals surface area contributed by atoms with E-state index in [0.717, 1.165) is 35.7 Å². The fraction of sp³-hybridized carbons (Fsp3) is 0.357. The molecule has 0 amide bonds. The summed E-state index contributed by atoms with van der Waals surface area (Å²) in [5.74, 6) is 2.85. The van der Waals surface area contributed by atoms with Crippen molar-refractivity contribution in [2.75, 3.05) is 13.2 Å². The van der Waals surface area contributed by atoms with Crippen molar-refractivity contribution in [1.29, 1.82) is 0 Å². The number of fused-ring (bicyclic) bond motifs is 2. The summed E-state index contributed by atoms with van der Waals surface area (Å²) in [6.45, 7) is 2.34. The van der Waals surface area contributed by atoms with Gasteiger partial charge in [-0.15, -0.1) is 17.0 Å². The minimum absolute atomic E-state index is 0. The van der Waals surface area contributed by atoms with Crippen molar-refractivity contribution >= 4 is 17.0 Å². The Kier molecular flexibility index (Phi) is 3.22. The quantitative estimate of drug-likeness (QED) is 0.810. The predicted octanol–water partition coefficient (Wildman–Crippen LogP) is 2.85. The standard InChI is InChI=1S/C14H14N2O2.BrH/c1-2-14-15-11(9-16(14)5-1)10-3-4-12-13(8-10)18-7-6-17-12;/h3-4,8-9H,1-2,5-7H2;1H. The van der Waals surface area contributed by atoms with Gasteiger partial charge in [-0.1, -0.05) is 0 Å². The van der Waals surface area contributed by atoms with Crippen LogP contribution in [0, 0.1) is 0 Å². The largest absolute Gasteiger partial charge is 0.486 e. The van der Waals surface area contributed by atoms with Crippen LogP contribution in [-0.4, -0.2) is 22.8 Å². The second-order valence-electron chi connectivity index (χ2n) is 4.70. The number of aryl methyl sites for hydroxylation is 2. The predicted molar refractivity (Wildman–Crippen MR) is 77.3 cm³/mol. The third-order valence-corrected chi connectivity index (χ3v) is 3.50. The molecule has 5 heteroatoms. The molecule has 100 valence electrons. The summed E-state index contributed by atoms with van der Waals surface area (Å²) in [7, 11) is 0. The molecular formula is C14H15BrN2O2. The van der Waals surface area contributed by atoms with Crippen LogP contribution in [0.25, 0.3) is 11.3 Å². The number of hydrogen-bond donors (Lipinski definition) is 0. The van der Waals surface area contributed by atoms with Gasteiger partial charge in [0.2, 0.25) is 0 Å². The minimum atomic E-state index is 0. The van der Waals surface area contributed by atoms with Crippen molar-refractivity contribution in [2.45, 2.75) is 19.4 Å². The lowest BCUT2D eigenvalue weighted by Gasteiger charge is -2.18. The van der Waals surface area contributed by atoms with Gasteiger partial charge in [0.25, 0.3) is 0 Å². The maximum atomic E-state index is 5.60. The molecule has 0 aliphatic carbocycles. The monoisotopic (exact) mass is 322 g/mol. The Bertz CT molecular complexity index is 588. The smallest absolute Gasteiger partial charge is 0.162 e. The third-order valence-electron chi connectivity index (χ3n) is 3.50. The first kappa shape index (κ1) is 12.5. The van der Waals surface area contributed by atoms with Gasteiger partial charge in [0.1, 0.15) is 19.0 Å². The molecule has 4 rings (SSSR count). The third kappa shape index (κ3) is 2.12. The van der Waals surface area contributed by atoms with E-state index in [2.05, 4.69) is 15.7 Å². The van der Waals surface area contributed by atoms with Gasteiger partial charge in [0, 0.05) is 24.7 Å². The van der Waals surface area contributed by atoms with E-state index in [4.69, 9.17) is 9.47 Å². The van der Waals surface area contributed by atoms with Crippen LogP contribution in [0.3, 0.4) is 0 Å². The first-order valence-corrected chi connectivity index (χ1v) is 6.36. The Morgan fingerprint density at radius 3 is 2.79 bits per heavy atom. The summed E-state index contributed by atoms with van der Waals surface area (Å²) in [5.41, 5.74) is 2.13. The normalized spacial score (nSPS) is 15.8. The number of hydrogen-bond acceptors (Lipinski definition) is 3. The number of halogens is 1. The van der Waals surface area contributed by atoms with Crippen LogP contribution >= 0.6 is 17.0 Å². The summed E-state index contributed by atoms with van der Waals surface area (Å²) in [6, 6.07) is 6.03. The Morgan fingerprint density at radius 2 is 1.95 bits per heavy atom. The molecule has 2 aromatic rings. The van der Waals surface area contributed by atoms with Crippen molar-refractivity contribution in [3.63, 3.8) is 0 Å². The summed E-state index contributed by atoms with van der Waals surface area (Å²) < 4.78 is 13.4. The zero-order valence-electron chi connectivity index (χ0n) is 10.5. The summed E-state index contributed by atoms with van der Waals surface area (Å²) in [5, 5.41) is 0. The van der Waals surface area contributed by atoms with E-state index in [9.17, 15) is 0 Å². The molecule has 0 N–H and O–H groups in total. The molecule has 4 nitrogen and oxygen atoms in total. The van der Waals surface area contributed by atoms with Gasteiger partial charge in [0.15, 0.2) is 11.5 Å². The molecule has 0 atom stereocenters. The molecule has 0 radical (unpaired) electrons. The molecule has 2 aliphatic rings. The fourth-order valence-corrected chi connectivity index (χ4v) is 2.60. The van der Waals surface area contributed by atoms with Gasteiger partial charge in [-0.2, -0.15) is 0 Å². The molecule has 0 bridgehead atoms. The van der Waals surface area contributed by atoms with Crippen LogP contribution in [-0.2, 0) is 13.0 Å². The molecule has 3 heterocycles. The zero-order valence-corrected chi connectivity index (χ0v) is 12.2. The van der Waals surface area contributed by atoms with Crippen LogP contribution in [0.5, 0.6) is 11.5 Å². The molecule has 2 aliphatic heterocycles. The van der Waals surface area contributed by atoms with Crippen molar-refractivity contribution in [1.82, 2.24) is 9.55 Å². The van der Waals surface area contributed by atoms with Crippen molar-refractivity contribution in [3.8, 4) is 22.8 Å². The average Bonchev–Trinajstić information content (AvgIpc) is 2.99. The molecule has 0 saturated heterocycles. The summed E-state index contributed by atoms with van der Waals surface area (Å²) >= 11 is 0. The summed E-state index contributed by atoms with van der Waals surface area (Å²) in [6.07, 6.45) is 4.43. The van der Waals surface area contributed by atoms with E-state index >= 15 is 0 Å². The highest BCUT2D eigenvalue weighted by atomic mass is 79.9. The minimum Gasteiger partial charge on any atom is -0.486 e. The first-order chi connectivity index (χ1) is 8.90. The molecule has 0 spiro atoms. The lowest BCUT2D eigenvalue weighted by atomic mass is 10.1. The van der Waals surface area contributed by atoms with Gasteiger partial charge < -0.3 is 14.0 Å². The summed E-state index contributed by atoms with van der Waals surface area (Å²) in [4.78, 5) is 4.68. The van der Waals surface area contributed by atoms with E-state index < -0.39 is 0 Å². The van der Waals surface area contributed by atoms with Gasteiger partial charge in [-0.05, 0) is 24.6 Å². The van der Waals surface area contributed by atoms with Crippen molar-refractivity contribution < 1.29 is 9.47 Å². The molecule has 1 aromatic heterocycles. The van der Waals surface area contributed by atoms with Crippen LogP contribution < -0.4 is 9.47 Å². The SMILES string of the molecule is Br.c1cc2c(cc1-c1cn3c(n1)CCC3)OCCO2. The average molecular weight is 323 g/mol. The molecule has 19 heavy (non-hydrogen) atoms. The van der Waals surface area contributed by atoms with Gasteiger partial charge in [-0.3, -0.25) is 0 Å². The van der Waals surface area contributed by atoms with Gasteiger partial charge >= 0.3 is 0 Å². The van der Waals surface area contributed by atoms with E-state index in [1.165, 1.54) is 12.2 Å². The molecule has 0 fully saturated rings. The molecule has 0 unspecified atom stereocenters. The van der Waals surface area contributed by atoms with Crippen LogP contribution in [0.2, 0.25) is 0 Å². The molecular weight excluding hydrogens is 308 g/mol. The zero-order chi connectivity index (χ0) is 11.9. The van der Waals surface area contributed by atoms with Gasteiger partial charge in [0.05, 0.1) is 5.69 Å². The number of nitrogens with zero attached hydrogens (tertiary/aromatic N) is 2. The number of benzene rings is 1. The number of ether oxygens (including phenoxy) is 2. The Hall–Kier alpha value is -1.49. The van der Waals surface area contributed by atoms with Gasteiger partial charge in [-0.25, -0.2) is 4.98 Å². The lowest BCUT2D eigenvalue weighted by molar-refractivity contribution is 0.171.